The molecule has 308 valence electrons. The van der Waals surface area contributed by atoms with Crippen molar-refractivity contribution in [3.63, 3.8) is 0 Å². The van der Waals surface area contributed by atoms with Crippen molar-refractivity contribution >= 4 is 66.4 Å². The minimum atomic E-state index is 0.740. The van der Waals surface area contributed by atoms with E-state index in [1.807, 2.05) is 6.07 Å². The molecule has 0 saturated heterocycles. The Bertz CT molecular complexity index is 3570. The van der Waals surface area contributed by atoms with E-state index < -0.39 is 0 Å². The van der Waals surface area contributed by atoms with Crippen LogP contribution in [0.1, 0.15) is 5.56 Å². The normalized spacial score (nSPS) is 11.6. The maximum absolute atomic E-state index is 6.94. The molecule has 0 radical (unpaired) electrons. The van der Waals surface area contributed by atoms with Gasteiger partial charge in [0, 0.05) is 62.2 Å². The van der Waals surface area contributed by atoms with Crippen molar-refractivity contribution in [3.05, 3.63) is 242 Å². The minimum Gasteiger partial charge on any atom is -0.457 e. The van der Waals surface area contributed by atoms with E-state index in [2.05, 4.69) is 247 Å². The van der Waals surface area contributed by atoms with Crippen molar-refractivity contribution in [2.24, 2.45) is 0 Å². The molecule has 0 aliphatic carbocycles. The molecule has 4 nitrogen and oxygen atoms in total. The fourth-order valence-electron chi connectivity index (χ4n) is 9.64. The van der Waals surface area contributed by atoms with Gasteiger partial charge < -0.3 is 19.3 Å². The molecule has 65 heavy (non-hydrogen) atoms. The summed E-state index contributed by atoms with van der Waals surface area (Å²) < 4.78 is 13.9. The summed E-state index contributed by atoms with van der Waals surface area (Å²) in [6, 6.07) is 83.4. The van der Waals surface area contributed by atoms with Gasteiger partial charge in [-0.15, -0.1) is 0 Å². The SMILES string of the molecule is Cc1ccc2c3c(ccc(Oc4cccc(N(c5ccccc5)c5ccccc5-c5ccccc5)c4)c13)-c1ccc(N(c3ccccc3)c3cc4ccccc4c4ccccc34)cc1O2. The van der Waals surface area contributed by atoms with Crippen LogP contribution >= 0.6 is 0 Å². The molecule has 4 heteroatoms. The molecule has 11 aromatic carbocycles. The molecule has 0 bridgehead atoms. The topological polar surface area (TPSA) is 24.9 Å². The van der Waals surface area contributed by atoms with Crippen molar-refractivity contribution in [2.45, 2.75) is 6.92 Å². The van der Waals surface area contributed by atoms with Crippen LogP contribution in [0.2, 0.25) is 0 Å². The molecule has 0 spiro atoms. The van der Waals surface area contributed by atoms with E-state index in [9.17, 15) is 0 Å². The number of anilines is 6. The van der Waals surface area contributed by atoms with Crippen molar-refractivity contribution in [1.29, 1.82) is 0 Å². The first-order valence-electron chi connectivity index (χ1n) is 22.1. The van der Waals surface area contributed by atoms with Crippen molar-refractivity contribution < 1.29 is 9.47 Å². The number of aryl methyl sites for hydroxylation is 1. The monoisotopic (exact) mass is 834 g/mol. The fourth-order valence-corrected chi connectivity index (χ4v) is 9.64. The summed E-state index contributed by atoms with van der Waals surface area (Å²) in [5, 5.41) is 6.91. The number of rotatable bonds is 9. The summed E-state index contributed by atoms with van der Waals surface area (Å²) in [5.41, 5.74) is 11.9. The Morgan fingerprint density at radius 2 is 0.985 bits per heavy atom. The molecular weight excluding hydrogens is 793 g/mol. The molecule has 12 rings (SSSR count). The third-order valence-electron chi connectivity index (χ3n) is 12.6. The molecule has 0 fully saturated rings. The Balaban J connectivity index is 0.940. The van der Waals surface area contributed by atoms with Gasteiger partial charge in [-0.3, -0.25) is 0 Å². The molecular formula is C61H42N2O2. The van der Waals surface area contributed by atoms with Gasteiger partial charge in [0.05, 0.1) is 11.4 Å². The molecule has 0 saturated carbocycles. The summed E-state index contributed by atoms with van der Waals surface area (Å²) in [6.07, 6.45) is 0. The molecule has 1 aliphatic heterocycles. The van der Waals surface area contributed by atoms with Crippen LogP contribution in [0, 0.1) is 6.92 Å². The number of hydrogen-bond acceptors (Lipinski definition) is 4. The van der Waals surface area contributed by atoms with Crippen molar-refractivity contribution in [2.75, 3.05) is 9.80 Å². The van der Waals surface area contributed by atoms with Gasteiger partial charge in [-0.1, -0.05) is 146 Å². The average Bonchev–Trinajstić information content (AvgIpc) is 3.36. The lowest BCUT2D eigenvalue weighted by molar-refractivity contribution is 0.481. The largest absolute Gasteiger partial charge is 0.457 e. The van der Waals surface area contributed by atoms with E-state index in [1.165, 1.54) is 21.5 Å². The van der Waals surface area contributed by atoms with Crippen LogP contribution in [0.15, 0.2) is 237 Å². The Morgan fingerprint density at radius 1 is 0.369 bits per heavy atom. The minimum absolute atomic E-state index is 0.740. The highest BCUT2D eigenvalue weighted by molar-refractivity contribution is 6.15. The number of hydrogen-bond donors (Lipinski definition) is 0. The maximum atomic E-state index is 6.94. The number of nitrogens with zero attached hydrogens (tertiary/aromatic N) is 2. The van der Waals surface area contributed by atoms with E-state index in [4.69, 9.17) is 9.47 Å². The maximum Gasteiger partial charge on any atom is 0.137 e. The Hall–Kier alpha value is -8.60. The molecule has 0 N–H and O–H groups in total. The van der Waals surface area contributed by atoms with Gasteiger partial charge >= 0.3 is 0 Å². The third kappa shape index (κ3) is 6.71. The van der Waals surface area contributed by atoms with Gasteiger partial charge in [-0.25, -0.2) is 0 Å². The Morgan fingerprint density at radius 3 is 1.77 bits per heavy atom. The fraction of sp³-hybridized carbons (Fsp3) is 0.0164. The molecule has 0 amide bonds. The van der Waals surface area contributed by atoms with E-state index in [1.54, 1.807) is 0 Å². The molecule has 0 atom stereocenters. The van der Waals surface area contributed by atoms with Crippen LogP contribution in [0.25, 0.3) is 54.6 Å². The van der Waals surface area contributed by atoms with E-state index in [-0.39, 0.29) is 0 Å². The summed E-state index contributed by atoms with van der Waals surface area (Å²) in [4.78, 5) is 4.65. The first kappa shape index (κ1) is 38.1. The second-order valence-corrected chi connectivity index (χ2v) is 16.5. The Labute approximate surface area is 378 Å². The smallest absolute Gasteiger partial charge is 0.137 e. The highest BCUT2D eigenvalue weighted by atomic mass is 16.5. The van der Waals surface area contributed by atoms with E-state index in [0.29, 0.717) is 0 Å². The lowest BCUT2D eigenvalue weighted by Crippen LogP contribution is -2.11. The first-order valence-corrected chi connectivity index (χ1v) is 22.1. The van der Waals surface area contributed by atoms with Gasteiger partial charge in [0.2, 0.25) is 0 Å². The van der Waals surface area contributed by atoms with Crippen LogP contribution in [0.3, 0.4) is 0 Å². The van der Waals surface area contributed by atoms with Crippen molar-refractivity contribution in [1.82, 2.24) is 0 Å². The zero-order valence-corrected chi connectivity index (χ0v) is 35.7. The number of para-hydroxylation sites is 3. The first-order chi connectivity index (χ1) is 32.2. The molecule has 1 heterocycles. The molecule has 1 aliphatic rings. The summed E-state index contributed by atoms with van der Waals surface area (Å²) in [6.45, 7) is 2.15. The quantitative estimate of drug-likeness (QED) is 0.135. The second-order valence-electron chi connectivity index (χ2n) is 16.5. The van der Waals surface area contributed by atoms with Gasteiger partial charge in [-0.2, -0.15) is 0 Å². The van der Waals surface area contributed by atoms with Gasteiger partial charge in [0.25, 0.3) is 0 Å². The molecule has 11 aromatic rings. The Kier molecular flexibility index (Phi) is 9.35. The van der Waals surface area contributed by atoms with E-state index in [0.717, 1.165) is 95.7 Å². The van der Waals surface area contributed by atoms with Crippen LogP contribution in [-0.2, 0) is 0 Å². The van der Waals surface area contributed by atoms with Gasteiger partial charge in [-0.05, 0) is 119 Å². The summed E-state index contributed by atoms with van der Waals surface area (Å²) >= 11 is 0. The number of ether oxygens (including phenoxy) is 2. The third-order valence-corrected chi connectivity index (χ3v) is 12.6. The van der Waals surface area contributed by atoms with Crippen molar-refractivity contribution in [3.8, 4) is 45.3 Å². The van der Waals surface area contributed by atoms with Crippen LogP contribution in [0.5, 0.6) is 23.0 Å². The highest BCUT2D eigenvalue weighted by Gasteiger charge is 2.26. The lowest BCUT2D eigenvalue weighted by atomic mass is 9.92. The summed E-state index contributed by atoms with van der Waals surface area (Å²) in [5.74, 6) is 3.13. The zero-order chi connectivity index (χ0) is 43.3. The molecule has 0 unspecified atom stereocenters. The average molecular weight is 835 g/mol. The molecule has 0 aromatic heterocycles. The van der Waals surface area contributed by atoms with Gasteiger partial charge in [0.15, 0.2) is 0 Å². The van der Waals surface area contributed by atoms with E-state index >= 15 is 0 Å². The number of benzene rings is 11. The van der Waals surface area contributed by atoms with Crippen LogP contribution in [0.4, 0.5) is 34.1 Å². The summed E-state index contributed by atoms with van der Waals surface area (Å²) in [7, 11) is 0. The van der Waals surface area contributed by atoms with Crippen LogP contribution in [-0.4, -0.2) is 0 Å². The predicted octanol–water partition coefficient (Wildman–Crippen LogP) is 17.6. The van der Waals surface area contributed by atoms with Gasteiger partial charge in [0.1, 0.15) is 23.0 Å². The second kappa shape index (κ2) is 15.9. The van der Waals surface area contributed by atoms with Crippen LogP contribution < -0.4 is 19.3 Å². The standard InChI is InChI=1S/C61H42N2O2/c1-41-32-36-58-61-54(53-34-33-47(40-59(53)65-58)63(45-23-9-4-10-24-45)56-38-43-20-11-12-27-49(43)51-29-13-14-30-52(51)56)35-37-57(60(41)61)64-48-26-17-25-46(39-48)62(44-21-7-3-8-22-44)55-31-16-15-28-50(55)42-18-5-2-6-19-42/h2-40H,1H3. The highest BCUT2D eigenvalue weighted by Crippen LogP contribution is 2.53. The zero-order valence-electron chi connectivity index (χ0n) is 35.7. The number of fused-ring (bicyclic) bond motifs is 5. The lowest BCUT2D eigenvalue weighted by Gasteiger charge is -2.29. The predicted molar refractivity (Wildman–Crippen MR) is 271 cm³/mol.